The lowest BCUT2D eigenvalue weighted by atomic mass is 10.2. The van der Waals surface area contributed by atoms with Gasteiger partial charge in [0.2, 0.25) is 5.70 Å². The average molecular weight is 220 g/mol. The molecule has 0 aliphatic carbocycles. The molecule has 0 unspecified atom stereocenters. The van der Waals surface area contributed by atoms with Gasteiger partial charge in [-0.3, -0.25) is 0 Å². The monoisotopic (exact) mass is 219 g/mol. The van der Waals surface area contributed by atoms with Gasteiger partial charge in [0.05, 0.1) is 0 Å². The first-order valence-corrected chi connectivity index (χ1v) is 4.62. The fraction of sp³-hybridized carbons (Fsp3) is 0.125. The van der Waals surface area contributed by atoms with E-state index in [1.54, 1.807) is 4.58 Å². The second kappa shape index (κ2) is 4.50. The van der Waals surface area contributed by atoms with Crippen LogP contribution in [-0.4, -0.2) is 17.8 Å². The van der Waals surface area contributed by atoms with Gasteiger partial charge < -0.3 is 0 Å². The Balaban J connectivity index is 0.000000292. The van der Waals surface area contributed by atoms with E-state index in [0.29, 0.717) is 0 Å². The molecule has 1 fully saturated rings. The van der Waals surface area contributed by atoms with E-state index in [-0.39, 0.29) is 0 Å². The van der Waals surface area contributed by atoms with Crippen LogP contribution < -0.4 is 18.6 Å². The van der Waals surface area contributed by atoms with Crippen LogP contribution in [0, 0.1) is 10.2 Å². The predicted molar refractivity (Wildman–Crippen MR) is 39.7 cm³/mol. The number of nitrogens with zero attached hydrogens (tertiary/aromatic N) is 1. The second-order valence-electron chi connectivity index (χ2n) is 2.60. The highest BCUT2D eigenvalue weighted by Gasteiger charge is 2.24. The van der Waals surface area contributed by atoms with Gasteiger partial charge in [0.1, 0.15) is 6.72 Å². The van der Waals surface area contributed by atoms with Crippen molar-refractivity contribution >= 4 is 6.72 Å². The van der Waals surface area contributed by atoms with Gasteiger partial charge in [0.25, 0.3) is 0 Å². The van der Waals surface area contributed by atoms with E-state index in [1.807, 2.05) is 0 Å². The highest BCUT2D eigenvalue weighted by Crippen LogP contribution is 2.22. The van der Waals surface area contributed by atoms with E-state index in [9.17, 15) is 0 Å². The Morgan fingerprint density at radius 2 is 1.43 bits per heavy atom. The third-order valence-electron chi connectivity index (χ3n) is 1.54. The Bertz CT molecular complexity index is 273. The molecule has 0 amide bonds. The van der Waals surface area contributed by atoms with Crippen molar-refractivity contribution in [2.45, 2.75) is 0 Å². The lowest BCUT2D eigenvalue weighted by molar-refractivity contribution is -2.00. The van der Waals surface area contributed by atoms with Crippen molar-refractivity contribution in [3.63, 3.8) is 0 Å². The van der Waals surface area contributed by atoms with Crippen LogP contribution >= 0.6 is 0 Å². The summed E-state index contributed by atoms with van der Waals surface area (Å²) in [7, 11) is -4.94. The molecule has 0 spiro atoms. The Labute approximate surface area is 84.0 Å². The SMILES string of the molecule is C=C1C[N+](=C)C(=C)C1=C.[O-][Cl+3]([O-])([O-])[O-]. The highest BCUT2D eigenvalue weighted by atomic mass is 35.7. The minimum atomic E-state index is -4.94. The Morgan fingerprint density at radius 3 is 1.50 bits per heavy atom. The summed E-state index contributed by atoms with van der Waals surface area (Å²) in [4.78, 5) is 0. The first-order chi connectivity index (χ1) is 6.13. The summed E-state index contributed by atoms with van der Waals surface area (Å²) in [5.74, 6) is 0. The standard InChI is InChI=1S/C8H10N.ClHO4/c1-6-5-9(4)8(3)7(6)2;2-1(3,4)5/h1-5H2;(H,2,3,4,5)/q+1;/p-1. The van der Waals surface area contributed by atoms with E-state index in [1.165, 1.54) is 0 Å². The summed E-state index contributed by atoms with van der Waals surface area (Å²) in [5, 5.41) is 0. The van der Waals surface area contributed by atoms with E-state index >= 15 is 0 Å². The molecular formula is C8H10ClNO4. The molecule has 1 rings (SSSR count). The molecule has 5 nitrogen and oxygen atoms in total. The van der Waals surface area contributed by atoms with Crippen LogP contribution in [0.2, 0.25) is 0 Å². The summed E-state index contributed by atoms with van der Waals surface area (Å²) >= 11 is 0. The van der Waals surface area contributed by atoms with Crippen molar-refractivity contribution in [1.29, 1.82) is 0 Å². The summed E-state index contributed by atoms with van der Waals surface area (Å²) in [5.41, 5.74) is 2.85. The van der Waals surface area contributed by atoms with Crippen LogP contribution in [0.25, 0.3) is 0 Å². The zero-order valence-electron chi connectivity index (χ0n) is 7.49. The summed E-state index contributed by atoms with van der Waals surface area (Å²) in [6.45, 7) is 15.9. The number of allylic oxidation sites excluding steroid dienone is 1. The third kappa shape index (κ3) is 4.90. The van der Waals surface area contributed by atoms with E-state index in [2.05, 4.69) is 26.5 Å². The largest absolute Gasteiger partial charge is 0.222 e. The van der Waals surface area contributed by atoms with Crippen LogP contribution in [0.3, 0.4) is 0 Å². The molecule has 0 aromatic carbocycles. The predicted octanol–water partition coefficient (Wildman–Crippen LogP) is -3.42. The molecule has 1 aliphatic heterocycles. The molecule has 1 heterocycles. The fourth-order valence-corrected chi connectivity index (χ4v) is 0.816. The zero-order chi connectivity index (χ0) is 11.5. The van der Waals surface area contributed by atoms with Crippen LogP contribution in [0.5, 0.6) is 0 Å². The minimum Gasteiger partial charge on any atom is -0.222 e. The number of halogens is 1. The summed E-state index contributed by atoms with van der Waals surface area (Å²) in [6, 6.07) is 0. The summed E-state index contributed by atoms with van der Waals surface area (Å²) < 4.78 is 35.8. The first kappa shape index (κ1) is 13.0. The van der Waals surface area contributed by atoms with Gasteiger partial charge in [-0.1, -0.05) is 13.2 Å². The van der Waals surface area contributed by atoms with Crippen molar-refractivity contribution in [2.75, 3.05) is 6.54 Å². The topological polar surface area (TPSA) is 95.2 Å². The van der Waals surface area contributed by atoms with Gasteiger partial charge in [-0.2, -0.15) is 0 Å². The molecule has 0 radical (unpaired) electrons. The highest BCUT2D eigenvalue weighted by molar-refractivity contribution is 5.44. The van der Waals surface area contributed by atoms with Gasteiger partial charge in [-0.25, -0.2) is 23.2 Å². The van der Waals surface area contributed by atoms with Crippen LogP contribution in [0.4, 0.5) is 0 Å². The Morgan fingerprint density at radius 1 is 1.07 bits per heavy atom. The maximum atomic E-state index is 8.49. The quantitative estimate of drug-likeness (QED) is 0.397. The van der Waals surface area contributed by atoms with Gasteiger partial charge in [-0.05, 0) is 6.58 Å². The van der Waals surface area contributed by atoms with E-state index < -0.39 is 10.2 Å². The fourth-order valence-electron chi connectivity index (χ4n) is 0.816. The molecule has 1 aliphatic rings. The van der Waals surface area contributed by atoms with Gasteiger partial charge >= 0.3 is 0 Å². The molecule has 0 aromatic rings. The smallest absolute Gasteiger partial charge is 0.204 e. The van der Waals surface area contributed by atoms with Crippen LogP contribution in [0.15, 0.2) is 36.6 Å². The van der Waals surface area contributed by atoms with Crippen molar-refractivity contribution < 1.29 is 33.5 Å². The number of hydrogen-bond acceptors (Lipinski definition) is 4. The maximum Gasteiger partial charge on any atom is 0.204 e. The number of hydrogen-bond donors (Lipinski definition) is 0. The summed E-state index contributed by atoms with van der Waals surface area (Å²) in [6.07, 6.45) is 0. The van der Waals surface area contributed by atoms with E-state index in [0.717, 1.165) is 23.4 Å². The van der Waals surface area contributed by atoms with E-state index in [4.69, 9.17) is 18.6 Å². The van der Waals surface area contributed by atoms with Crippen molar-refractivity contribution in [3.8, 4) is 0 Å². The first-order valence-electron chi connectivity index (χ1n) is 3.39. The normalized spacial score (nSPS) is 16.9. The molecule has 6 heteroatoms. The Kier molecular flexibility index (Phi) is 4.18. The van der Waals surface area contributed by atoms with Crippen molar-refractivity contribution in [1.82, 2.24) is 0 Å². The third-order valence-corrected chi connectivity index (χ3v) is 1.54. The van der Waals surface area contributed by atoms with Gasteiger partial charge in [0.15, 0.2) is 6.54 Å². The average Bonchev–Trinajstić information content (AvgIpc) is 2.14. The molecule has 78 valence electrons. The number of rotatable bonds is 0. The molecule has 0 saturated carbocycles. The second-order valence-corrected chi connectivity index (χ2v) is 3.36. The molecule has 0 bridgehead atoms. The lowest BCUT2D eigenvalue weighted by Crippen LogP contribution is -2.68. The molecule has 0 atom stereocenters. The molecule has 1 saturated heterocycles. The van der Waals surface area contributed by atoms with Crippen molar-refractivity contribution in [2.24, 2.45) is 0 Å². The van der Waals surface area contributed by atoms with Gasteiger partial charge in [-0.15, -0.1) is 10.2 Å². The van der Waals surface area contributed by atoms with Gasteiger partial charge in [0, 0.05) is 11.1 Å². The molecular weight excluding hydrogens is 210 g/mol. The minimum absolute atomic E-state index is 0.775. The molecule has 14 heavy (non-hydrogen) atoms. The van der Waals surface area contributed by atoms with Crippen LogP contribution in [-0.2, 0) is 0 Å². The van der Waals surface area contributed by atoms with Crippen LogP contribution in [0.1, 0.15) is 0 Å². The lowest BCUT2D eigenvalue weighted by Gasteiger charge is -2.17. The maximum absolute atomic E-state index is 8.49. The molecule has 0 N–H and O–H groups in total. The van der Waals surface area contributed by atoms with Crippen molar-refractivity contribution in [3.05, 3.63) is 36.6 Å². The Hall–Kier alpha value is -0.980. The molecule has 0 aromatic heterocycles. The zero-order valence-corrected chi connectivity index (χ0v) is 8.25.